The largest absolute Gasteiger partial charge is 0.368 e. The average Bonchev–Trinajstić information content (AvgIpc) is 3.90. The van der Waals surface area contributed by atoms with Crippen LogP contribution < -0.4 is 0 Å². The lowest BCUT2D eigenvalue weighted by atomic mass is 9.99. The minimum absolute atomic E-state index is 0.0323. The Morgan fingerprint density at radius 3 is 1.78 bits per heavy atom. The zero-order chi connectivity index (χ0) is 30.9. The van der Waals surface area contributed by atoms with Crippen molar-refractivity contribution in [2.75, 3.05) is 26.3 Å². The monoisotopic (exact) mass is 611 g/mol. The van der Waals surface area contributed by atoms with E-state index in [-0.39, 0.29) is 41.9 Å². The highest BCUT2D eigenvalue weighted by atomic mass is 16.5. The highest BCUT2D eigenvalue weighted by Gasteiger charge is 2.39. The molecule has 0 unspecified atom stereocenters. The van der Waals surface area contributed by atoms with Gasteiger partial charge in [0.1, 0.15) is 12.2 Å². The first kappa shape index (κ1) is 29.9. The second kappa shape index (κ2) is 12.9. The number of nitrogens with zero attached hydrogens (tertiary/aromatic N) is 2. The molecule has 0 saturated carbocycles. The van der Waals surface area contributed by atoms with E-state index < -0.39 is 12.2 Å². The van der Waals surface area contributed by atoms with Crippen LogP contribution >= 0.6 is 0 Å². The maximum Gasteiger partial charge on any atom is 0.252 e. The summed E-state index contributed by atoms with van der Waals surface area (Å²) < 4.78 is 11.2. The predicted molar refractivity (Wildman–Crippen MR) is 169 cm³/mol. The van der Waals surface area contributed by atoms with Crippen LogP contribution in [0.15, 0.2) is 48.5 Å². The molecular weight excluding hydrogens is 570 g/mol. The van der Waals surface area contributed by atoms with E-state index in [4.69, 9.17) is 9.47 Å². The van der Waals surface area contributed by atoms with Gasteiger partial charge in [0.2, 0.25) is 0 Å². The van der Waals surface area contributed by atoms with E-state index in [0.29, 0.717) is 45.6 Å². The molecule has 45 heavy (non-hydrogen) atoms. The Hall–Kier alpha value is -3.82. The maximum atomic E-state index is 13.3. The van der Waals surface area contributed by atoms with Gasteiger partial charge in [-0.3, -0.25) is 19.2 Å². The molecule has 2 amide bonds. The average molecular weight is 612 g/mol. The smallest absolute Gasteiger partial charge is 0.252 e. The Morgan fingerprint density at radius 2 is 1.22 bits per heavy atom. The number of ketones is 2. The summed E-state index contributed by atoms with van der Waals surface area (Å²) in [5, 5.41) is 1.02. The van der Waals surface area contributed by atoms with Crippen LogP contribution in [0.4, 0.5) is 0 Å². The van der Waals surface area contributed by atoms with Crippen molar-refractivity contribution in [1.29, 1.82) is 0 Å². The highest BCUT2D eigenvalue weighted by Crippen LogP contribution is 2.29. The molecule has 2 aromatic carbocycles. The van der Waals surface area contributed by atoms with Crippen LogP contribution in [0.25, 0.3) is 22.2 Å². The van der Waals surface area contributed by atoms with Crippen molar-refractivity contribution < 1.29 is 28.7 Å². The van der Waals surface area contributed by atoms with Crippen molar-refractivity contribution in [3.05, 3.63) is 59.7 Å². The number of fused-ring (bicyclic) bond motifs is 1. The number of aromatic amines is 1. The van der Waals surface area contributed by atoms with Crippen molar-refractivity contribution >= 4 is 34.3 Å². The fourth-order valence-electron chi connectivity index (χ4n) is 7.53. The second-order valence-electron chi connectivity index (χ2n) is 13.0. The SMILES string of the molecule is O=C(Cc1ccc(-c2cc3cc(CC(=O)[C@@H]4CCCN4C(=O)[C@@H]4CCCO4)ccc3[nH]2)cc1)[C@@H]1CCCN1C(=O)[C@@H]1CCCO1. The zero-order valence-corrected chi connectivity index (χ0v) is 25.7. The van der Waals surface area contributed by atoms with Crippen LogP contribution in [0.5, 0.6) is 0 Å². The fourth-order valence-corrected chi connectivity index (χ4v) is 7.53. The molecule has 0 aliphatic carbocycles. The number of nitrogens with one attached hydrogen (secondary N) is 1. The molecule has 0 radical (unpaired) electrons. The van der Waals surface area contributed by atoms with Crippen molar-refractivity contribution in [3.8, 4) is 11.3 Å². The van der Waals surface area contributed by atoms with Gasteiger partial charge in [0, 0.05) is 55.7 Å². The van der Waals surface area contributed by atoms with Gasteiger partial charge in [-0.25, -0.2) is 0 Å². The Kier molecular flexibility index (Phi) is 8.55. The Balaban J connectivity index is 0.983. The summed E-state index contributed by atoms with van der Waals surface area (Å²) in [6.07, 6.45) is 6.17. The number of aromatic nitrogens is 1. The molecular formula is C36H41N3O6. The quantitative estimate of drug-likeness (QED) is 0.384. The number of carbonyl (C=O) groups excluding carboxylic acids is 4. The molecule has 9 heteroatoms. The first-order valence-corrected chi connectivity index (χ1v) is 16.5. The van der Waals surface area contributed by atoms with Gasteiger partial charge in [-0.1, -0.05) is 30.3 Å². The molecule has 0 spiro atoms. The minimum Gasteiger partial charge on any atom is -0.368 e. The molecule has 1 aromatic heterocycles. The number of hydrogen-bond donors (Lipinski definition) is 1. The number of Topliss-reactive ketones (excluding diaryl/α,β-unsaturated/α-hetero) is 2. The molecule has 4 atom stereocenters. The van der Waals surface area contributed by atoms with E-state index in [2.05, 4.69) is 11.1 Å². The highest BCUT2D eigenvalue weighted by molar-refractivity contribution is 5.94. The van der Waals surface area contributed by atoms with Crippen molar-refractivity contribution in [2.45, 2.75) is 88.5 Å². The standard InChI is InChI=1S/C36H41N3O6/c40-31(29-5-1-15-38(29)35(42)33-7-3-17-44-33)20-23-9-12-25(13-10-23)28-22-26-19-24(11-14-27(26)37-28)21-32(41)30-6-2-16-39(30)36(43)34-8-4-18-45-34/h9-14,19,22,29-30,33-34,37H,1-8,15-18,20-21H2/t29-,30-,33-,34-/m0/s1. The molecule has 9 nitrogen and oxygen atoms in total. The van der Waals surface area contributed by atoms with Crippen LogP contribution in [-0.2, 0) is 41.5 Å². The number of benzene rings is 2. The van der Waals surface area contributed by atoms with E-state index >= 15 is 0 Å². The number of ether oxygens (including phenoxy) is 2. The third kappa shape index (κ3) is 6.20. The molecule has 1 N–H and O–H groups in total. The van der Waals surface area contributed by atoms with Crippen molar-refractivity contribution in [2.24, 2.45) is 0 Å². The third-order valence-corrected chi connectivity index (χ3v) is 9.93. The first-order chi connectivity index (χ1) is 21.9. The molecule has 0 bridgehead atoms. The summed E-state index contributed by atoms with van der Waals surface area (Å²) in [5.41, 5.74) is 4.80. The van der Waals surface area contributed by atoms with Gasteiger partial charge in [-0.05, 0) is 86.3 Å². The summed E-state index contributed by atoms with van der Waals surface area (Å²) in [6, 6.07) is 15.4. The van der Waals surface area contributed by atoms with Crippen LogP contribution in [0.1, 0.15) is 62.5 Å². The lowest BCUT2D eigenvalue weighted by Crippen LogP contribution is -2.45. The summed E-state index contributed by atoms with van der Waals surface area (Å²) >= 11 is 0. The van der Waals surface area contributed by atoms with Crippen molar-refractivity contribution in [3.63, 3.8) is 0 Å². The molecule has 4 aliphatic rings. The molecule has 4 aliphatic heterocycles. The zero-order valence-electron chi connectivity index (χ0n) is 25.7. The molecule has 4 saturated heterocycles. The fraction of sp³-hybridized carbons (Fsp3) is 0.500. The topological polar surface area (TPSA) is 109 Å². The van der Waals surface area contributed by atoms with E-state index in [9.17, 15) is 19.2 Å². The van der Waals surface area contributed by atoms with Crippen LogP contribution in [-0.4, -0.2) is 88.8 Å². The Labute approximate surface area is 263 Å². The van der Waals surface area contributed by atoms with Gasteiger partial charge >= 0.3 is 0 Å². The van der Waals surface area contributed by atoms with Crippen molar-refractivity contribution in [1.82, 2.24) is 14.8 Å². The molecule has 4 fully saturated rings. The summed E-state index contributed by atoms with van der Waals surface area (Å²) in [5.74, 6) is 0.0943. The van der Waals surface area contributed by atoms with E-state index in [1.165, 1.54) is 0 Å². The van der Waals surface area contributed by atoms with Gasteiger partial charge in [-0.2, -0.15) is 0 Å². The van der Waals surface area contributed by atoms with Crippen LogP contribution in [0, 0.1) is 0 Å². The molecule has 3 aromatic rings. The predicted octanol–water partition coefficient (Wildman–Crippen LogP) is 4.40. The van der Waals surface area contributed by atoms with E-state index in [1.54, 1.807) is 9.80 Å². The second-order valence-corrected chi connectivity index (χ2v) is 13.0. The molecule has 7 rings (SSSR count). The van der Waals surface area contributed by atoms with Gasteiger partial charge in [-0.15, -0.1) is 0 Å². The third-order valence-electron chi connectivity index (χ3n) is 9.93. The summed E-state index contributed by atoms with van der Waals surface area (Å²) in [6.45, 7) is 2.48. The lowest BCUT2D eigenvalue weighted by Gasteiger charge is -2.26. The van der Waals surface area contributed by atoms with E-state index in [1.807, 2.05) is 42.5 Å². The lowest BCUT2D eigenvalue weighted by molar-refractivity contribution is -0.145. The number of carbonyl (C=O) groups is 4. The number of H-pyrrole nitrogens is 1. The number of rotatable bonds is 9. The Morgan fingerprint density at radius 1 is 0.667 bits per heavy atom. The van der Waals surface area contributed by atoms with Gasteiger partial charge in [0.15, 0.2) is 11.6 Å². The maximum absolute atomic E-state index is 13.3. The summed E-state index contributed by atoms with van der Waals surface area (Å²) in [7, 11) is 0. The van der Waals surface area contributed by atoms with Gasteiger partial charge < -0.3 is 24.3 Å². The van der Waals surface area contributed by atoms with Crippen LogP contribution in [0.2, 0.25) is 0 Å². The molecule has 5 heterocycles. The Bertz CT molecular complexity index is 1580. The molecule has 236 valence electrons. The first-order valence-electron chi connectivity index (χ1n) is 16.5. The van der Waals surface area contributed by atoms with Gasteiger partial charge in [0.25, 0.3) is 11.8 Å². The number of hydrogen-bond acceptors (Lipinski definition) is 6. The minimum atomic E-state index is -0.396. The number of likely N-dealkylation sites (tertiary alicyclic amines) is 2. The van der Waals surface area contributed by atoms with Crippen LogP contribution in [0.3, 0.4) is 0 Å². The number of amides is 2. The summed E-state index contributed by atoms with van der Waals surface area (Å²) in [4.78, 5) is 59.4. The van der Waals surface area contributed by atoms with E-state index in [0.717, 1.165) is 71.8 Å². The normalized spacial score (nSPS) is 25.0. The van der Waals surface area contributed by atoms with Gasteiger partial charge in [0.05, 0.1) is 12.1 Å².